The summed E-state index contributed by atoms with van der Waals surface area (Å²) in [7, 11) is -4.64. The van der Waals surface area contributed by atoms with Crippen LogP contribution in [-0.2, 0) is 4.57 Å². The van der Waals surface area contributed by atoms with Crippen LogP contribution in [-0.4, -0.2) is 36.4 Å². The largest absolute Gasteiger partial charge is 1.41 e. The van der Waals surface area contributed by atoms with Crippen LogP contribution in [0.4, 0.5) is 0 Å². The van der Waals surface area contributed by atoms with E-state index in [1.165, 1.54) is 0 Å². The zero-order valence-electron chi connectivity index (χ0n) is 3.90. The molecule has 0 heterocycles. The molecule has 0 amide bonds. The summed E-state index contributed by atoms with van der Waals surface area (Å²) in [5.41, 5.74) is 0. The van der Waals surface area contributed by atoms with E-state index in [9.17, 15) is 0 Å². The van der Waals surface area contributed by atoms with Gasteiger partial charge in [0.05, 0.1) is 0 Å². The Hall–Kier alpha value is 0.876. The maximum Gasteiger partial charge on any atom is 1.41 e. The molecular formula is CH6MgO4P+2. The van der Waals surface area contributed by atoms with Crippen LogP contribution in [0.15, 0.2) is 0 Å². The first-order valence-corrected chi connectivity index (χ1v) is 4.47. The summed E-state index contributed by atoms with van der Waals surface area (Å²) in [5.74, 6) is 0. The molecule has 7 heavy (non-hydrogen) atoms. The van der Waals surface area contributed by atoms with Gasteiger partial charge in [0.25, 0.3) is 5.05 Å². The van der Waals surface area contributed by atoms with E-state index in [1.54, 1.807) is 0 Å². The smallest absolute Gasteiger partial charge is 0.303 e. The predicted molar refractivity (Wildman–Crippen MR) is 25.9 cm³/mol. The summed E-state index contributed by atoms with van der Waals surface area (Å²) in [4.78, 5) is 21.6. The second kappa shape index (κ2) is 5.02. The first kappa shape index (κ1) is 10.8. The lowest BCUT2D eigenvalue weighted by molar-refractivity contribution is 0.275. The lowest BCUT2D eigenvalue weighted by Gasteiger charge is -1.82. The quantitative estimate of drug-likeness (QED) is 0.304. The van der Waals surface area contributed by atoms with Gasteiger partial charge < -0.3 is 14.7 Å². The summed E-state index contributed by atoms with van der Waals surface area (Å²) < 4.78 is 8.88. The fraction of sp³-hybridized carbons (Fsp3) is 1.00. The molecule has 0 aromatic carbocycles. The van der Waals surface area contributed by atoms with E-state index in [4.69, 9.17) is 19.2 Å². The fourth-order valence-corrected chi connectivity index (χ4v) is 0. The molecule has 3 N–H and O–H groups in total. The highest BCUT2D eigenvalue weighted by Crippen LogP contribution is 2.25. The molecule has 7 radical (unpaired) electrons. The van der Waals surface area contributed by atoms with Crippen molar-refractivity contribution in [2.75, 3.05) is 0 Å². The van der Waals surface area contributed by atoms with Crippen molar-refractivity contribution < 1.29 is 19.2 Å². The third kappa shape index (κ3) is 213. The summed E-state index contributed by atoms with van der Waals surface area (Å²) in [5, 5.41) is 2.03. The van der Waals surface area contributed by atoms with Crippen molar-refractivity contribution in [3.8, 4) is 0 Å². The predicted octanol–water partition coefficient (Wildman–Crippen LogP) is -0.726. The summed E-state index contributed by atoms with van der Waals surface area (Å²) in [6.45, 7) is 0. The zero-order valence-corrected chi connectivity index (χ0v) is 6.21. The van der Waals surface area contributed by atoms with Gasteiger partial charge in [-0.05, 0) is 0 Å². The van der Waals surface area contributed by atoms with E-state index < -0.39 is 7.82 Å². The van der Waals surface area contributed by atoms with E-state index in [1.807, 2.05) is 26.8 Å². The third-order valence-electron chi connectivity index (χ3n) is 0. The second-order valence-corrected chi connectivity index (χ2v) is 1.54. The number of hydrogen-bond acceptors (Lipinski definition) is 1. The fourth-order valence-electron chi connectivity index (χ4n) is 0. The first-order chi connectivity index (χ1) is 3.00. The van der Waals surface area contributed by atoms with Crippen LogP contribution in [0.3, 0.4) is 0 Å². The lowest BCUT2D eigenvalue weighted by atomic mass is 11.9. The van der Waals surface area contributed by atoms with Gasteiger partial charge in [-0.2, -0.15) is 0 Å². The molecule has 0 aliphatic rings. The van der Waals surface area contributed by atoms with E-state index in [0.29, 0.717) is 0 Å². The maximum atomic E-state index is 8.88. The number of phosphoric acid groups is 1. The highest BCUT2D eigenvalue weighted by atomic mass is 31.2. The summed E-state index contributed by atoms with van der Waals surface area (Å²) in [6, 6.07) is 0. The highest BCUT2D eigenvalue weighted by Gasteiger charge is 2.00. The van der Waals surface area contributed by atoms with Crippen molar-refractivity contribution >= 4 is 29.5 Å². The van der Waals surface area contributed by atoms with Crippen LogP contribution in [0.5, 0.6) is 0 Å². The Bertz CT molecular complexity index is 57.8. The number of rotatable bonds is 0. The summed E-state index contributed by atoms with van der Waals surface area (Å²) in [6.07, 6.45) is 0. The molecule has 0 saturated carbocycles. The number of hydrogen-bond donors (Lipinski definition) is 3. The molecule has 6 heteroatoms. The Kier molecular flexibility index (Phi) is 7.74. The molecule has 0 saturated heterocycles. The Labute approximate surface area is 54.2 Å². The van der Waals surface area contributed by atoms with Crippen LogP contribution in [0, 0.1) is 0 Å². The lowest BCUT2D eigenvalue weighted by Crippen LogP contribution is -1.66. The minimum Gasteiger partial charge on any atom is -0.303 e. The maximum absolute atomic E-state index is 8.88. The summed E-state index contributed by atoms with van der Waals surface area (Å²) >= 11 is 1.86. The molecule has 0 aliphatic carbocycles. The molecule has 0 aliphatic heterocycles. The molecule has 0 fully saturated rings. The first-order valence-electron chi connectivity index (χ1n) is 1.49. The van der Waals surface area contributed by atoms with E-state index in [0.717, 1.165) is 0 Å². The highest BCUT2D eigenvalue weighted by molar-refractivity contribution is 7.45. The van der Waals surface area contributed by atoms with Gasteiger partial charge in [0, 0.05) is 0 Å². The van der Waals surface area contributed by atoms with Gasteiger partial charge in [-0.25, -0.2) is 4.57 Å². The Balaban J connectivity index is 0. The minimum absolute atomic E-state index is 1.86. The van der Waals surface area contributed by atoms with Crippen molar-refractivity contribution in [3.63, 3.8) is 0 Å². The van der Waals surface area contributed by atoms with Gasteiger partial charge in [-0.15, -0.1) is 0 Å². The van der Waals surface area contributed by atoms with E-state index >= 15 is 0 Å². The van der Waals surface area contributed by atoms with Gasteiger partial charge in [-0.1, -0.05) is 0 Å². The van der Waals surface area contributed by atoms with E-state index in [-0.39, 0.29) is 0 Å². The van der Waals surface area contributed by atoms with Crippen molar-refractivity contribution in [1.29, 1.82) is 0 Å². The zero-order chi connectivity index (χ0) is 6.50. The van der Waals surface area contributed by atoms with Crippen LogP contribution in [0.25, 0.3) is 0 Å². The van der Waals surface area contributed by atoms with Crippen molar-refractivity contribution in [2.24, 2.45) is 0 Å². The van der Waals surface area contributed by atoms with Gasteiger partial charge in [0.15, 0.2) is 0 Å². The Morgan fingerprint density at radius 2 is 1.29 bits per heavy atom. The van der Waals surface area contributed by atoms with Crippen molar-refractivity contribution in [3.05, 3.63) is 0 Å². The SMILES string of the molecule is O=P(O)(O)O.[CH3][Mg+2]. The molecule has 0 unspecified atom stereocenters. The van der Waals surface area contributed by atoms with Crippen LogP contribution in [0.1, 0.15) is 0 Å². The standard InChI is InChI=1S/CH3.Mg.H3O4P/c;;1-5(2,3)4/h1H3;;(H3,1,2,3,4)/q;+2;. The normalized spacial score (nSPS) is 9.29. The molecule has 0 aromatic rings. The molecule has 39 valence electrons. The Morgan fingerprint density at radius 3 is 1.29 bits per heavy atom. The third-order valence-corrected chi connectivity index (χ3v) is 0. The van der Waals surface area contributed by atoms with Crippen molar-refractivity contribution in [1.82, 2.24) is 0 Å². The molecule has 0 spiro atoms. The van der Waals surface area contributed by atoms with Gasteiger partial charge in [0.1, 0.15) is 0 Å². The van der Waals surface area contributed by atoms with E-state index in [2.05, 4.69) is 0 Å². The molecular weight excluding hydrogens is 131 g/mol. The van der Waals surface area contributed by atoms with Crippen LogP contribution in [0.2, 0.25) is 5.05 Å². The molecule has 0 atom stereocenters. The van der Waals surface area contributed by atoms with Gasteiger partial charge in [-0.3, -0.25) is 0 Å². The van der Waals surface area contributed by atoms with Gasteiger partial charge in [0.2, 0.25) is 0 Å². The molecule has 0 aromatic heterocycles. The molecule has 0 rings (SSSR count). The topological polar surface area (TPSA) is 77.8 Å². The molecule has 4 nitrogen and oxygen atoms in total. The van der Waals surface area contributed by atoms with Crippen molar-refractivity contribution in [2.45, 2.75) is 5.05 Å². The molecule has 0 bridgehead atoms. The van der Waals surface area contributed by atoms with Crippen LogP contribution >= 0.6 is 7.82 Å². The minimum atomic E-state index is -4.64. The second-order valence-electron chi connectivity index (χ2n) is 0.513. The van der Waals surface area contributed by atoms with Gasteiger partial charge >= 0.3 is 29.5 Å². The Morgan fingerprint density at radius 1 is 1.29 bits per heavy atom. The average molecular weight is 137 g/mol. The van der Waals surface area contributed by atoms with Crippen LogP contribution < -0.4 is 0 Å². The monoisotopic (exact) mass is 137 g/mol. The average Bonchev–Trinajstić information content (AvgIpc) is 1.36.